The maximum atomic E-state index is 6.04. The zero-order valence-electron chi connectivity index (χ0n) is 8.77. The molecule has 0 aromatic heterocycles. The molecule has 0 heterocycles. The molecule has 0 aromatic rings. The van der Waals surface area contributed by atoms with E-state index < -0.39 is 0 Å². The van der Waals surface area contributed by atoms with Crippen molar-refractivity contribution < 1.29 is 0 Å². The molecule has 2 N–H and O–H groups in total. The summed E-state index contributed by atoms with van der Waals surface area (Å²) >= 11 is 0. The van der Waals surface area contributed by atoms with Gasteiger partial charge in [0.2, 0.25) is 0 Å². The van der Waals surface area contributed by atoms with Crippen molar-refractivity contribution in [1.82, 2.24) is 0 Å². The number of hydrogen-bond donors (Lipinski definition) is 1. The summed E-state index contributed by atoms with van der Waals surface area (Å²) < 4.78 is 0. The van der Waals surface area contributed by atoms with Crippen molar-refractivity contribution in [2.75, 3.05) is 0 Å². The van der Waals surface area contributed by atoms with E-state index in [1.807, 2.05) is 0 Å². The lowest BCUT2D eigenvalue weighted by Crippen LogP contribution is -2.26. The van der Waals surface area contributed by atoms with Crippen molar-refractivity contribution >= 4 is 0 Å². The Morgan fingerprint density at radius 1 is 1.33 bits per heavy atom. The van der Waals surface area contributed by atoms with Crippen molar-refractivity contribution in [2.45, 2.75) is 58.9 Å². The average molecular weight is 169 g/mol. The molecule has 0 saturated heterocycles. The molecule has 72 valence electrons. The Labute approximate surface area is 76.7 Å². The molecule has 0 spiro atoms. The van der Waals surface area contributed by atoms with Gasteiger partial charge in [-0.3, -0.25) is 0 Å². The van der Waals surface area contributed by atoms with E-state index in [-0.39, 0.29) is 0 Å². The molecule has 1 fully saturated rings. The summed E-state index contributed by atoms with van der Waals surface area (Å²) in [5, 5.41) is 0. The molecule has 1 atom stereocenters. The SMILES string of the molecule is CC(C)(C)CC(N)CCC1CC1. The highest BCUT2D eigenvalue weighted by atomic mass is 14.6. The van der Waals surface area contributed by atoms with Crippen LogP contribution in [0.15, 0.2) is 0 Å². The van der Waals surface area contributed by atoms with Gasteiger partial charge >= 0.3 is 0 Å². The Kier molecular flexibility index (Phi) is 3.16. The van der Waals surface area contributed by atoms with Crippen molar-refractivity contribution in [2.24, 2.45) is 17.1 Å². The van der Waals surface area contributed by atoms with Gasteiger partial charge < -0.3 is 5.73 Å². The Balaban J connectivity index is 2.05. The summed E-state index contributed by atoms with van der Waals surface area (Å²) in [6, 6.07) is 0.436. The first-order valence-electron chi connectivity index (χ1n) is 5.23. The molecule has 1 aliphatic carbocycles. The lowest BCUT2D eigenvalue weighted by atomic mass is 9.87. The Hall–Kier alpha value is -0.0400. The maximum absolute atomic E-state index is 6.04. The first-order chi connectivity index (χ1) is 5.47. The zero-order valence-corrected chi connectivity index (χ0v) is 8.77. The van der Waals surface area contributed by atoms with Crippen LogP contribution in [-0.2, 0) is 0 Å². The van der Waals surface area contributed by atoms with Gasteiger partial charge in [-0.05, 0) is 30.6 Å². The highest BCUT2D eigenvalue weighted by Crippen LogP contribution is 2.34. The van der Waals surface area contributed by atoms with Gasteiger partial charge in [0.25, 0.3) is 0 Å². The lowest BCUT2D eigenvalue weighted by molar-refractivity contribution is 0.326. The fraction of sp³-hybridized carbons (Fsp3) is 1.00. The van der Waals surface area contributed by atoms with Crippen molar-refractivity contribution in [3.05, 3.63) is 0 Å². The van der Waals surface area contributed by atoms with Crippen LogP contribution in [0.4, 0.5) is 0 Å². The first kappa shape index (κ1) is 10.0. The fourth-order valence-corrected chi connectivity index (χ4v) is 1.74. The van der Waals surface area contributed by atoms with Crippen molar-refractivity contribution in [3.8, 4) is 0 Å². The maximum Gasteiger partial charge on any atom is 0.00439 e. The third kappa shape index (κ3) is 4.76. The molecule has 0 bridgehead atoms. The van der Waals surface area contributed by atoms with Gasteiger partial charge in [-0.1, -0.05) is 33.6 Å². The second-order valence-electron chi connectivity index (χ2n) is 5.55. The van der Waals surface area contributed by atoms with Gasteiger partial charge in [-0.2, -0.15) is 0 Å². The second-order valence-corrected chi connectivity index (χ2v) is 5.55. The molecule has 0 amide bonds. The Morgan fingerprint density at radius 2 is 1.92 bits per heavy atom. The summed E-state index contributed by atoms with van der Waals surface area (Å²) in [6.45, 7) is 6.80. The molecule has 0 aliphatic heterocycles. The molecule has 1 nitrogen and oxygen atoms in total. The standard InChI is InChI=1S/C11H23N/c1-11(2,3)8-10(12)7-6-9-4-5-9/h9-10H,4-8,12H2,1-3H3. The van der Waals surface area contributed by atoms with E-state index in [4.69, 9.17) is 5.73 Å². The number of nitrogens with two attached hydrogens (primary N) is 1. The summed E-state index contributed by atoms with van der Waals surface area (Å²) in [5.74, 6) is 1.04. The topological polar surface area (TPSA) is 26.0 Å². The molecule has 0 radical (unpaired) electrons. The van der Waals surface area contributed by atoms with E-state index in [9.17, 15) is 0 Å². The van der Waals surface area contributed by atoms with E-state index >= 15 is 0 Å². The number of rotatable bonds is 4. The van der Waals surface area contributed by atoms with Gasteiger partial charge in [0.05, 0.1) is 0 Å². The van der Waals surface area contributed by atoms with Crippen LogP contribution in [0.3, 0.4) is 0 Å². The highest BCUT2D eigenvalue weighted by Gasteiger charge is 2.23. The summed E-state index contributed by atoms with van der Waals surface area (Å²) in [6.07, 6.45) is 6.70. The smallest absolute Gasteiger partial charge is 0.00439 e. The van der Waals surface area contributed by atoms with Crippen LogP contribution >= 0.6 is 0 Å². The molecule has 1 unspecified atom stereocenters. The van der Waals surface area contributed by atoms with E-state index in [0.717, 1.165) is 5.92 Å². The second kappa shape index (κ2) is 3.78. The summed E-state index contributed by atoms with van der Waals surface area (Å²) in [7, 11) is 0. The largest absolute Gasteiger partial charge is 0.328 e. The summed E-state index contributed by atoms with van der Waals surface area (Å²) in [4.78, 5) is 0. The van der Waals surface area contributed by atoms with Crippen LogP contribution in [0.25, 0.3) is 0 Å². The zero-order chi connectivity index (χ0) is 9.19. The van der Waals surface area contributed by atoms with Crippen LogP contribution in [0.5, 0.6) is 0 Å². The minimum atomic E-state index is 0.406. The van der Waals surface area contributed by atoms with Crippen LogP contribution in [0.1, 0.15) is 52.9 Å². The minimum Gasteiger partial charge on any atom is -0.328 e. The molecule has 1 heteroatoms. The van der Waals surface area contributed by atoms with Crippen LogP contribution in [-0.4, -0.2) is 6.04 Å². The molecular formula is C11H23N. The normalized spacial score (nSPS) is 21.0. The third-order valence-corrected chi connectivity index (χ3v) is 2.52. The Bertz CT molecular complexity index is 130. The predicted octanol–water partition coefficient (Wildman–Crippen LogP) is 2.94. The van der Waals surface area contributed by atoms with Gasteiger partial charge in [0.1, 0.15) is 0 Å². The van der Waals surface area contributed by atoms with E-state index in [1.165, 1.54) is 32.1 Å². The summed E-state index contributed by atoms with van der Waals surface area (Å²) in [5.41, 5.74) is 6.44. The molecule has 1 rings (SSSR count). The van der Waals surface area contributed by atoms with Crippen LogP contribution in [0.2, 0.25) is 0 Å². The van der Waals surface area contributed by atoms with Gasteiger partial charge in [-0.15, -0.1) is 0 Å². The molecule has 12 heavy (non-hydrogen) atoms. The monoisotopic (exact) mass is 169 g/mol. The van der Waals surface area contributed by atoms with Crippen LogP contribution in [0, 0.1) is 11.3 Å². The lowest BCUT2D eigenvalue weighted by Gasteiger charge is -2.22. The average Bonchev–Trinajstić information content (AvgIpc) is 2.61. The van der Waals surface area contributed by atoms with Gasteiger partial charge in [0.15, 0.2) is 0 Å². The van der Waals surface area contributed by atoms with E-state index in [1.54, 1.807) is 0 Å². The number of hydrogen-bond acceptors (Lipinski definition) is 1. The minimum absolute atomic E-state index is 0.406. The fourth-order valence-electron chi connectivity index (χ4n) is 1.74. The van der Waals surface area contributed by atoms with Gasteiger partial charge in [-0.25, -0.2) is 0 Å². The van der Waals surface area contributed by atoms with Crippen molar-refractivity contribution in [3.63, 3.8) is 0 Å². The highest BCUT2D eigenvalue weighted by molar-refractivity contribution is 4.77. The van der Waals surface area contributed by atoms with E-state index in [0.29, 0.717) is 11.5 Å². The molecule has 0 aromatic carbocycles. The predicted molar refractivity (Wildman–Crippen MR) is 54.0 cm³/mol. The Morgan fingerprint density at radius 3 is 2.33 bits per heavy atom. The van der Waals surface area contributed by atoms with E-state index in [2.05, 4.69) is 20.8 Å². The van der Waals surface area contributed by atoms with Crippen LogP contribution < -0.4 is 5.73 Å². The first-order valence-corrected chi connectivity index (χ1v) is 5.23. The van der Waals surface area contributed by atoms with Crippen molar-refractivity contribution in [1.29, 1.82) is 0 Å². The third-order valence-electron chi connectivity index (χ3n) is 2.52. The molecule has 1 saturated carbocycles. The molecular weight excluding hydrogens is 146 g/mol. The molecule has 1 aliphatic rings. The quantitative estimate of drug-likeness (QED) is 0.688. The van der Waals surface area contributed by atoms with Gasteiger partial charge in [0, 0.05) is 6.04 Å².